The van der Waals surface area contributed by atoms with E-state index in [2.05, 4.69) is 6.58 Å². The first-order valence-corrected chi connectivity index (χ1v) is 13.0. The number of rotatable bonds is 3. The summed E-state index contributed by atoms with van der Waals surface area (Å²) in [4.78, 5) is 13.7. The largest absolute Gasteiger partial charge is 0.432 e. The zero-order chi connectivity index (χ0) is 25.6. The highest BCUT2D eigenvalue weighted by Gasteiger charge is 2.75. The Kier molecular flexibility index (Phi) is 6.00. The van der Waals surface area contributed by atoms with Gasteiger partial charge in [0.1, 0.15) is 24.4 Å². The first-order valence-electron chi connectivity index (χ1n) is 13.0. The van der Waals surface area contributed by atoms with E-state index < -0.39 is 71.2 Å². The molecule has 198 valence electrons. The van der Waals surface area contributed by atoms with Crippen molar-refractivity contribution in [3.8, 4) is 0 Å². The summed E-state index contributed by atoms with van der Waals surface area (Å²) in [5.74, 6) is -0.603. The summed E-state index contributed by atoms with van der Waals surface area (Å²) >= 11 is 0. The Labute approximate surface area is 205 Å². The van der Waals surface area contributed by atoms with Crippen molar-refractivity contribution in [2.75, 3.05) is 6.61 Å². The lowest BCUT2D eigenvalue weighted by atomic mass is 9.38. The highest BCUT2D eigenvalue weighted by molar-refractivity contribution is 5.77. The van der Waals surface area contributed by atoms with Gasteiger partial charge in [0, 0.05) is 10.8 Å². The molecule has 0 unspecified atom stereocenters. The van der Waals surface area contributed by atoms with Crippen LogP contribution in [0.4, 0.5) is 0 Å². The molecule has 5 aliphatic rings. The molecule has 2 bridgehead atoms. The minimum Gasteiger partial charge on any atom is -0.432 e. The molecule has 4 saturated carbocycles. The molecular weight excluding hydrogens is 456 g/mol. The highest BCUT2D eigenvalue weighted by Crippen LogP contribution is 2.73. The summed E-state index contributed by atoms with van der Waals surface area (Å²) in [7, 11) is 0. The molecule has 1 heterocycles. The molecule has 6 N–H and O–H groups in total. The van der Waals surface area contributed by atoms with Crippen molar-refractivity contribution in [3.05, 3.63) is 12.2 Å². The number of carbonyl (C=O) groups excluding carboxylic acids is 1. The minimum absolute atomic E-state index is 0.219. The second-order valence-corrected chi connectivity index (χ2v) is 12.3. The van der Waals surface area contributed by atoms with E-state index >= 15 is 0 Å². The lowest BCUT2D eigenvalue weighted by Crippen LogP contribution is -2.71. The Hall–Kier alpha value is -1.07. The smallest absolute Gasteiger partial charge is 0.314 e. The van der Waals surface area contributed by atoms with Crippen molar-refractivity contribution in [2.45, 2.75) is 108 Å². The Morgan fingerprint density at radius 2 is 1.77 bits per heavy atom. The van der Waals surface area contributed by atoms with Gasteiger partial charge in [-0.2, -0.15) is 0 Å². The standard InChI is InChI=1S/C26H40O9/c1-13-14-5-10-26(33)24(3)8-4-7-23(2,16(24)6-9-25(26,11-14)20(13)31)22(32)35-21-19(30)18(29)17(28)15(12-27)34-21/h14-21,27-31,33H,1,4-12H2,2-3H3/t14-,15+,16+,17-,18+,19-,20-,21-,23+,24+,25-,26+/m0/s1. The summed E-state index contributed by atoms with van der Waals surface area (Å²) < 4.78 is 11.0. The molecule has 0 aromatic rings. The number of ether oxygens (including phenoxy) is 2. The van der Waals surface area contributed by atoms with Gasteiger partial charge >= 0.3 is 5.97 Å². The summed E-state index contributed by atoms with van der Waals surface area (Å²) in [5, 5.41) is 63.6. The van der Waals surface area contributed by atoms with E-state index in [0.717, 1.165) is 24.8 Å². The van der Waals surface area contributed by atoms with E-state index in [1.807, 2.05) is 13.8 Å². The van der Waals surface area contributed by atoms with Gasteiger partial charge in [0.15, 0.2) is 0 Å². The van der Waals surface area contributed by atoms with Crippen LogP contribution in [0.25, 0.3) is 0 Å². The first-order chi connectivity index (χ1) is 16.4. The molecule has 0 aromatic heterocycles. The predicted molar refractivity (Wildman–Crippen MR) is 123 cm³/mol. The maximum Gasteiger partial charge on any atom is 0.314 e. The molecule has 0 amide bonds. The van der Waals surface area contributed by atoms with Crippen LogP contribution in [0, 0.1) is 28.1 Å². The second-order valence-electron chi connectivity index (χ2n) is 12.3. The van der Waals surface area contributed by atoms with Crippen molar-refractivity contribution in [3.63, 3.8) is 0 Å². The average Bonchev–Trinajstić information content (AvgIpc) is 3.03. The van der Waals surface area contributed by atoms with Gasteiger partial charge < -0.3 is 40.1 Å². The fraction of sp³-hybridized carbons (Fsp3) is 0.885. The Morgan fingerprint density at radius 3 is 2.46 bits per heavy atom. The third kappa shape index (κ3) is 3.15. The van der Waals surface area contributed by atoms with Crippen LogP contribution in [0.15, 0.2) is 12.2 Å². The fourth-order valence-electron chi connectivity index (χ4n) is 8.93. The summed E-state index contributed by atoms with van der Waals surface area (Å²) in [5.41, 5.74) is -2.60. The molecule has 12 atom stereocenters. The fourth-order valence-corrected chi connectivity index (χ4v) is 8.93. The van der Waals surface area contributed by atoms with Gasteiger partial charge in [-0.05, 0) is 69.3 Å². The van der Waals surface area contributed by atoms with Crippen LogP contribution >= 0.6 is 0 Å². The Bertz CT molecular complexity index is 892. The maximum absolute atomic E-state index is 13.7. The molecule has 9 nitrogen and oxygen atoms in total. The molecule has 9 heteroatoms. The van der Waals surface area contributed by atoms with Crippen molar-refractivity contribution < 1.29 is 44.9 Å². The predicted octanol–water partition coefficient (Wildman–Crippen LogP) is 0.384. The number of aliphatic hydroxyl groups excluding tert-OH is 5. The lowest BCUT2D eigenvalue weighted by molar-refractivity contribution is -0.303. The van der Waals surface area contributed by atoms with Gasteiger partial charge in [-0.3, -0.25) is 4.79 Å². The van der Waals surface area contributed by atoms with Gasteiger partial charge in [0.2, 0.25) is 6.29 Å². The minimum atomic E-state index is -1.66. The van der Waals surface area contributed by atoms with Crippen LogP contribution < -0.4 is 0 Å². The third-order valence-corrected chi connectivity index (χ3v) is 11.0. The van der Waals surface area contributed by atoms with Crippen LogP contribution in [0.2, 0.25) is 0 Å². The summed E-state index contributed by atoms with van der Waals surface area (Å²) in [6.45, 7) is 7.41. The number of aliphatic hydroxyl groups is 6. The van der Waals surface area contributed by atoms with Crippen molar-refractivity contribution >= 4 is 5.97 Å². The van der Waals surface area contributed by atoms with Gasteiger partial charge in [-0.25, -0.2) is 0 Å². The van der Waals surface area contributed by atoms with E-state index in [1.165, 1.54) is 0 Å². The van der Waals surface area contributed by atoms with Gasteiger partial charge in [-0.1, -0.05) is 19.9 Å². The molecule has 1 saturated heterocycles. The molecule has 0 aromatic carbocycles. The summed E-state index contributed by atoms with van der Waals surface area (Å²) in [6.07, 6.45) is -3.08. The Morgan fingerprint density at radius 1 is 1.06 bits per heavy atom. The van der Waals surface area contributed by atoms with Gasteiger partial charge in [-0.15, -0.1) is 0 Å². The van der Waals surface area contributed by atoms with E-state index in [9.17, 15) is 35.4 Å². The quantitative estimate of drug-likeness (QED) is 0.240. The molecule has 5 fully saturated rings. The normalized spacial score (nSPS) is 55.7. The lowest BCUT2D eigenvalue weighted by Gasteiger charge is -2.68. The van der Waals surface area contributed by atoms with Crippen LogP contribution in [0.3, 0.4) is 0 Å². The van der Waals surface area contributed by atoms with E-state index in [-0.39, 0.29) is 11.8 Å². The van der Waals surface area contributed by atoms with E-state index in [0.29, 0.717) is 32.1 Å². The van der Waals surface area contributed by atoms with Crippen LogP contribution in [0.5, 0.6) is 0 Å². The summed E-state index contributed by atoms with van der Waals surface area (Å²) in [6, 6.07) is 0. The maximum atomic E-state index is 13.7. The monoisotopic (exact) mass is 496 g/mol. The van der Waals surface area contributed by atoms with Crippen molar-refractivity contribution in [1.82, 2.24) is 0 Å². The SMILES string of the molecule is C=C1[C@H]2CC[C@]3(O)[C@@](CC[C@@H]4[C@](C)(C(=O)O[C@@H]5O[C@H](CO)[C@H](O)[C@@H](O)[C@@H]5O)CCC[C@]43C)(C2)[C@H]1O. The zero-order valence-electron chi connectivity index (χ0n) is 20.6. The second kappa shape index (κ2) is 8.21. The van der Waals surface area contributed by atoms with Gasteiger partial charge in [0.25, 0.3) is 0 Å². The number of hydrogen-bond acceptors (Lipinski definition) is 9. The van der Waals surface area contributed by atoms with Crippen LogP contribution in [-0.4, -0.2) is 85.6 Å². The topological polar surface area (TPSA) is 157 Å². The van der Waals surface area contributed by atoms with Crippen molar-refractivity contribution in [2.24, 2.45) is 28.1 Å². The van der Waals surface area contributed by atoms with Gasteiger partial charge in [0.05, 0.1) is 23.7 Å². The molecule has 5 rings (SSSR count). The number of carbonyl (C=O) groups is 1. The third-order valence-electron chi connectivity index (χ3n) is 11.0. The van der Waals surface area contributed by atoms with E-state index in [4.69, 9.17) is 9.47 Å². The highest BCUT2D eigenvalue weighted by atomic mass is 16.7. The number of esters is 1. The number of fused-ring (bicyclic) bond motifs is 3. The average molecular weight is 497 g/mol. The molecule has 4 aliphatic carbocycles. The number of hydrogen-bond donors (Lipinski definition) is 6. The Balaban J connectivity index is 1.43. The van der Waals surface area contributed by atoms with Crippen molar-refractivity contribution in [1.29, 1.82) is 0 Å². The molecule has 35 heavy (non-hydrogen) atoms. The first kappa shape index (κ1) is 25.6. The van der Waals surface area contributed by atoms with Crippen LogP contribution in [-0.2, 0) is 14.3 Å². The molecule has 1 aliphatic heterocycles. The van der Waals surface area contributed by atoms with E-state index in [1.54, 1.807) is 0 Å². The molecule has 0 radical (unpaired) electrons. The molecular formula is C26H40O9. The molecule has 1 spiro atoms. The van der Waals surface area contributed by atoms with Crippen LogP contribution in [0.1, 0.15) is 65.2 Å². The zero-order valence-corrected chi connectivity index (χ0v) is 20.6.